The van der Waals surface area contributed by atoms with Crippen molar-refractivity contribution in [1.29, 1.82) is 0 Å². The molecule has 0 atom stereocenters. The molecule has 0 fully saturated rings. The fourth-order valence-corrected chi connectivity index (χ4v) is 2.24. The van der Waals surface area contributed by atoms with Gasteiger partial charge in [-0.1, -0.05) is 17.7 Å². The quantitative estimate of drug-likeness (QED) is 0.878. The highest BCUT2D eigenvalue weighted by atomic mass is 79.9. The van der Waals surface area contributed by atoms with Crippen LogP contribution in [-0.4, -0.2) is 20.7 Å². The molecule has 2 N–H and O–H groups in total. The van der Waals surface area contributed by atoms with Crippen LogP contribution in [0.25, 0.3) is 5.69 Å². The number of pyridine rings is 1. The molecule has 2 rings (SSSR count). The first kappa shape index (κ1) is 13.6. The Kier molecular flexibility index (Phi) is 3.64. The average molecular weight is 345 g/mol. The summed E-state index contributed by atoms with van der Waals surface area (Å²) in [5.74, 6) is -1.74. The second kappa shape index (κ2) is 5.07. The topological polar surface area (TPSA) is 79.5 Å². The summed E-state index contributed by atoms with van der Waals surface area (Å²) in [5.41, 5.74) is -0.733. The maximum absolute atomic E-state index is 11.9. The Balaban J connectivity index is 2.86. The van der Waals surface area contributed by atoms with E-state index in [0.717, 1.165) is 16.7 Å². The molecular weight excluding hydrogens is 337 g/mol. The number of benzene rings is 1. The van der Waals surface area contributed by atoms with Crippen LogP contribution in [0.1, 0.15) is 10.5 Å². The van der Waals surface area contributed by atoms with Crippen molar-refractivity contribution < 1.29 is 15.0 Å². The smallest absolute Gasteiger partial charge is 0.353 e. The van der Waals surface area contributed by atoms with E-state index < -0.39 is 17.3 Å². The molecule has 0 saturated carbocycles. The van der Waals surface area contributed by atoms with Crippen LogP contribution in [-0.2, 0) is 0 Å². The monoisotopic (exact) mass is 343 g/mol. The summed E-state index contributed by atoms with van der Waals surface area (Å²) in [6, 6.07) is 6.66. The van der Waals surface area contributed by atoms with E-state index in [1.165, 1.54) is 0 Å². The Labute approximate surface area is 120 Å². The molecule has 19 heavy (non-hydrogen) atoms. The zero-order chi connectivity index (χ0) is 14.2. The van der Waals surface area contributed by atoms with Crippen molar-refractivity contribution in [2.45, 2.75) is 0 Å². The fraction of sp³-hybridized carbons (Fsp3) is 0. The van der Waals surface area contributed by atoms with Crippen molar-refractivity contribution >= 4 is 33.5 Å². The van der Waals surface area contributed by atoms with Crippen molar-refractivity contribution in [3.63, 3.8) is 0 Å². The van der Waals surface area contributed by atoms with E-state index in [0.29, 0.717) is 9.50 Å². The number of halogens is 2. The first-order valence-corrected chi connectivity index (χ1v) is 6.22. The minimum Gasteiger partial charge on any atom is -0.508 e. The van der Waals surface area contributed by atoms with Gasteiger partial charge >= 0.3 is 5.97 Å². The van der Waals surface area contributed by atoms with Gasteiger partial charge in [0.2, 0.25) is 0 Å². The molecule has 0 radical (unpaired) electrons. The lowest BCUT2D eigenvalue weighted by Crippen LogP contribution is -2.23. The van der Waals surface area contributed by atoms with Gasteiger partial charge in [-0.05, 0) is 28.1 Å². The number of rotatable bonds is 2. The molecule has 0 bridgehead atoms. The van der Waals surface area contributed by atoms with Crippen molar-refractivity contribution in [3.8, 4) is 11.4 Å². The Morgan fingerprint density at radius 2 is 2.00 bits per heavy atom. The third-order valence-corrected chi connectivity index (χ3v) is 3.79. The van der Waals surface area contributed by atoms with Crippen LogP contribution in [0.15, 0.2) is 39.6 Å². The summed E-state index contributed by atoms with van der Waals surface area (Å²) >= 11 is 9.13. The molecule has 2 aromatic rings. The summed E-state index contributed by atoms with van der Waals surface area (Å²) in [4.78, 5) is 23.1. The predicted molar refractivity (Wildman–Crippen MR) is 73.4 cm³/mol. The summed E-state index contributed by atoms with van der Waals surface area (Å²) < 4.78 is 1.35. The standard InChI is InChI=1S/C12H7BrClNO4/c13-11-7(14)2-1-3-8(11)15-9(12(18)19)4-6(16)5-10(15)17/h1-5,16H,(H,18,19). The van der Waals surface area contributed by atoms with E-state index in [-0.39, 0.29) is 11.4 Å². The van der Waals surface area contributed by atoms with Crippen LogP contribution in [0.2, 0.25) is 5.02 Å². The van der Waals surface area contributed by atoms with Gasteiger partial charge in [-0.25, -0.2) is 4.79 Å². The molecule has 0 saturated heterocycles. The molecule has 7 heteroatoms. The van der Waals surface area contributed by atoms with E-state index in [1.54, 1.807) is 18.2 Å². The van der Waals surface area contributed by atoms with Crippen molar-refractivity contribution in [2.24, 2.45) is 0 Å². The van der Waals surface area contributed by atoms with Gasteiger partial charge < -0.3 is 10.2 Å². The zero-order valence-corrected chi connectivity index (χ0v) is 11.6. The maximum Gasteiger partial charge on any atom is 0.353 e. The lowest BCUT2D eigenvalue weighted by Gasteiger charge is -2.12. The van der Waals surface area contributed by atoms with Gasteiger partial charge in [0.25, 0.3) is 5.56 Å². The number of carboxylic acid groups (broad SMARTS) is 1. The first-order chi connectivity index (χ1) is 8.91. The third kappa shape index (κ3) is 2.50. The van der Waals surface area contributed by atoms with Gasteiger partial charge in [-0.15, -0.1) is 0 Å². The summed E-state index contributed by atoms with van der Waals surface area (Å²) in [7, 11) is 0. The van der Waals surface area contributed by atoms with E-state index in [9.17, 15) is 14.7 Å². The Bertz CT molecular complexity index is 726. The summed E-state index contributed by atoms with van der Waals surface area (Å²) in [6.07, 6.45) is 0. The number of aromatic hydroxyl groups is 1. The van der Waals surface area contributed by atoms with Crippen LogP contribution in [0, 0.1) is 0 Å². The molecule has 0 unspecified atom stereocenters. The van der Waals surface area contributed by atoms with Gasteiger partial charge in [-0.3, -0.25) is 9.36 Å². The van der Waals surface area contributed by atoms with Crippen LogP contribution >= 0.6 is 27.5 Å². The minimum atomic E-state index is -1.33. The second-order valence-electron chi connectivity index (χ2n) is 3.65. The molecular formula is C12H7BrClNO4. The number of hydrogen-bond donors (Lipinski definition) is 2. The average Bonchev–Trinajstić information content (AvgIpc) is 2.32. The number of nitrogens with zero attached hydrogens (tertiary/aromatic N) is 1. The second-order valence-corrected chi connectivity index (χ2v) is 4.85. The van der Waals surface area contributed by atoms with Crippen molar-refractivity contribution in [3.05, 3.63) is 55.9 Å². The van der Waals surface area contributed by atoms with Gasteiger partial charge in [0.15, 0.2) is 0 Å². The van der Waals surface area contributed by atoms with E-state index in [2.05, 4.69) is 15.9 Å². The molecule has 0 spiro atoms. The van der Waals surface area contributed by atoms with Crippen LogP contribution in [0.4, 0.5) is 0 Å². The van der Waals surface area contributed by atoms with Crippen LogP contribution in [0.5, 0.6) is 5.75 Å². The van der Waals surface area contributed by atoms with E-state index in [1.807, 2.05) is 0 Å². The third-order valence-electron chi connectivity index (χ3n) is 2.41. The van der Waals surface area contributed by atoms with Crippen molar-refractivity contribution in [1.82, 2.24) is 4.57 Å². The van der Waals surface area contributed by atoms with E-state index in [4.69, 9.17) is 16.7 Å². The maximum atomic E-state index is 11.9. The Hall–Kier alpha value is -1.79. The highest BCUT2D eigenvalue weighted by Gasteiger charge is 2.17. The van der Waals surface area contributed by atoms with Gasteiger partial charge in [-0.2, -0.15) is 0 Å². The lowest BCUT2D eigenvalue weighted by molar-refractivity contribution is 0.0686. The minimum absolute atomic E-state index is 0.287. The van der Waals surface area contributed by atoms with Gasteiger partial charge in [0.1, 0.15) is 11.4 Å². The molecule has 0 aliphatic heterocycles. The molecule has 98 valence electrons. The summed E-state index contributed by atoms with van der Waals surface area (Å²) in [6.45, 7) is 0. The lowest BCUT2D eigenvalue weighted by atomic mass is 10.2. The highest BCUT2D eigenvalue weighted by molar-refractivity contribution is 9.10. The largest absolute Gasteiger partial charge is 0.508 e. The number of carboxylic acids is 1. The van der Waals surface area contributed by atoms with Crippen LogP contribution < -0.4 is 5.56 Å². The molecule has 1 heterocycles. The van der Waals surface area contributed by atoms with Gasteiger partial charge in [0.05, 0.1) is 15.2 Å². The molecule has 0 aliphatic carbocycles. The molecule has 0 amide bonds. The Morgan fingerprint density at radius 1 is 1.32 bits per heavy atom. The molecule has 5 nitrogen and oxygen atoms in total. The van der Waals surface area contributed by atoms with Crippen LogP contribution in [0.3, 0.4) is 0 Å². The van der Waals surface area contributed by atoms with Gasteiger partial charge in [0, 0.05) is 12.1 Å². The Morgan fingerprint density at radius 3 is 2.63 bits per heavy atom. The van der Waals surface area contributed by atoms with Crippen molar-refractivity contribution in [2.75, 3.05) is 0 Å². The van der Waals surface area contributed by atoms with E-state index >= 15 is 0 Å². The number of hydrogen-bond acceptors (Lipinski definition) is 3. The summed E-state index contributed by atoms with van der Waals surface area (Å²) in [5, 5.41) is 18.8. The predicted octanol–water partition coefficient (Wildman–Crippen LogP) is 2.66. The zero-order valence-electron chi connectivity index (χ0n) is 9.30. The fourth-order valence-electron chi connectivity index (χ4n) is 1.63. The SMILES string of the molecule is O=C(O)c1cc(O)cc(=O)n1-c1cccc(Cl)c1Br. The number of aromatic nitrogens is 1. The number of carbonyl (C=O) groups is 1. The molecule has 1 aromatic heterocycles. The molecule has 1 aromatic carbocycles. The number of aromatic carboxylic acids is 1. The normalized spacial score (nSPS) is 10.4. The first-order valence-electron chi connectivity index (χ1n) is 5.05. The highest BCUT2D eigenvalue weighted by Crippen LogP contribution is 2.29. The molecule has 0 aliphatic rings.